The van der Waals surface area contributed by atoms with Gasteiger partial charge >= 0.3 is 0 Å². The number of unbranched alkanes of at least 4 members (excludes halogenated alkanes) is 1. The van der Waals surface area contributed by atoms with Crippen LogP contribution in [0.5, 0.6) is 0 Å². The summed E-state index contributed by atoms with van der Waals surface area (Å²) in [6.45, 7) is 2.40. The van der Waals surface area contributed by atoms with Crippen molar-refractivity contribution in [2.24, 2.45) is 0 Å². The molecule has 116 valence electrons. The van der Waals surface area contributed by atoms with E-state index in [1.165, 1.54) is 22.5 Å². The molecule has 1 fully saturated rings. The minimum absolute atomic E-state index is 0.0138. The Morgan fingerprint density at radius 1 is 1.43 bits per heavy atom. The number of hydrogen-bond donors (Lipinski definition) is 0. The van der Waals surface area contributed by atoms with Crippen molar-refractivity contribution in [2.75, 3.05) is 6.54 Å². The number of hydrogen-bond acceptors (Lipinski definition) is 4. The molecule has 6 nitrogen and oxygen atoms in total. The van der Waals surface area contributed by atoms with Gasteiger partial charge in [0, 0.05) is 23.1 Å². The van der Waals surface area contributed by atoms with Crippen molar-refractivity contribution < 1.29 is 13.3 Å². The zero-order chi connectivity index (χ0) is 15.6. The zero-order valence-corrected chi connectivity index (χ0v) is 14.1. The molecule has 0 bridgehead atoms. The van der Waals surface area contributed by atoms with Crippen LogP contribution in [0.2, 0.25) is 0 Å². The summed E-state index contributed by atoms with van der Waals surface area (Å²) >= 11 is 3.19. The molecule has 0 atom stereocenters. The molecule has 1 aliphatic rings. The third-order valence-corrected chi connectivity index (χ3v) is 5.87. The number of halogens is 1. The summed E-state index contributed by atoms with van der Waals surface area (Å²) in [7, 11) is -3.85. The van der Waals surface area contributed by atoms with Gasteiger partial charge in [-0.1, -0.05) is 29.3 Å². The minimum atomic E-state index is -3.85. The fourth-order valence-electron chi connectivity index (χ4n) is 2.15. The van der Waals surface area contributed by atoms with Crippen molar-refractivity contribution in [3.05, 3.63) is 32.8 Å². The van der Waals surface area contributed by atoms with Crippen molar-refractivity contribution >= 4 is 31.6 Å². The molecule has 1 saturated carbocycles. The normalized spacial score (nSPS) is 15.4. The van der Waals surface area contributed by atoms with Gasteiger partial charge in [0.2, 0.25) is 10.0 Å². The summed E-state index contributed by atoms with van der Waals surface area (Å²) in [6.07, 6.45) is 3.27. The molecule has 0 aliphatic heterocycles. The predicted molar refractivity (Wildman–Crippen MR) is 82.6 cm³/mol. The van der Waals surface area contributed by atoms with Gasteiger partial charge in [0.15, 0.2) is 4.90 Å². The van der Waals surface area contributed by atoms with Gasteiger partial charge in [0.05, 0.1) is 4.92 Å². The summed E-state index contributed by atoms with van der Waals surface area (Å²) in [5, 5.41) is 11.1. The van der Waals surface area contributed by atoms with Gasteiger partial charge in [-0.2, -0.15) is 4.31 Å². The van der Waals surface area contributed by atoms with E-state index in [1.54, 1.807) is 0 Å². The Kier molecular flexibility index (Phi) is 5.00. The van der Waals surface area contributed by atoms with Crippen molar-refractivity contribution in [3.63, 3.8) is 0 Å². The molecule has 1 aliphatic carbocycles. The van der Waals surface area contributed by atoms with Crippen molar-refractivity contribution in [3.8, 4) is 0 Å². The molecule has 0 heterocycles. The quantitative estimate of drug-likeness (QED) is 0.539. The molecular weight excluding hydrogens is 360 g/mol. The molecule has 0 unspecified atom stereocenters. The number of benzene rings is 1. The van der Waals surface area contributed by atoms with Crippen LogP contribution in [0.15, 0.2) is 27.6 Å². The first-order valence-electron chi connectivity index (χ1n) is 6.83. The molecule has 0 saturated heterocycles. The molecule has 0 N–H and O–H groups in total. The minimum Gasteiger partial charge on any atom is -0.258 e. The summed E-state index contributed by atoms with van der Waals surface area (Å²) < 4.78 is 27.5. The van der Waals surface area contributed by atoms with E-state index in [1.807, 2.05) is 6.92 Å². The summed E-state index contributed by atoms with van der Waals surface area (Å²) in [5.74, 6) is 0. The topological polar surface area (TPSA) is 80.5 Å². The Balaban J connectivity index is 2.46. The van der Waals surface area contributed by atoms with Crippen molar-refractivity contribution in [2.45, 2.75) is 43.5 Å². The second kappa shape index (κ2) is 6.41. The highest BCUT2D eigenvalue weighted by molar-refractivity contribution is 9.10. The number of nitro benzene ring substituents is 1. The second-order valence-electron chi connectivity index (χ2n) is 5.07. The third-order valence-electron chi connectivity index (χ3n) is 3.39. The largest absolute Gasteiger partial charge is 0.289 e. The Labute approximate surface area is 132 Å². The summed E-state index contributed by atoms with van der Waals surface area (Å²) in [5.41, 5.74) is -0.375. The number of rotatable bonds is 7. The molecule has 0 amide bonds. The lowest BCUT2D eigenvalue weighted by atomic mass is 10.3. The lowest BCUT2D eigenvalue weighted by Gasteiger charge is -2.21. The van der Waals surface area contributed by atoms with Crippen LogP contribution < -0.4 is 0 Å². The van der Waals surface area contributed by atoms with Crippen LogP contribution >= 0.6 is 15.9 Å². The highest BCUT2D eigenvalue weighted by atomic mass is 79.9. The van der Waals surface area contributed by atoms with Crippen molar-refractivity contribution in [1.82, 2.24) is 4.31 Å². The number of sulfonamides is 1. The molecular formula is C13H17BrN2O4S. The van der Waals surface area contributed by atoms with E-state index in [2.05, 4.69) is 15.9 Å². The fourth-order valence-corrected chi connectivity index (χ4v) is 4.57. The van der Waals surface area contributed by atoms with Gasteiger partial charge in [-0.25, -0.2) is 8.42 Å². The van der Waals surface area contributed by atoms with Crippen LogP contribution in [0.4, 0.5) is 5.69 Å². The van der Waals surface area contributed by atoms with Gasteiger partial charge in [-0.05, 0) is 31.4 Å². The standard InChI is InChI=1S/C13H17BrN2O4S/c1-2-3-8-15(11-5-6-11)21(19,20)13-9-10(14)4-7-12(13)16(17)18/h4,7,9,11H,2-3,5-6,8H2,1H3. The molecule has 2 rings (SSSR count). The van der Waals surface area contributed by atoms with E-state index in [9.17, 15) is 18.5 Å². The van der Waals surface area contributed by atoms with Crippen LogP contribution in [0.1, 0.15) is 32.6 Å². The van der Waals surface area contributed by atoms with Crippen LogP contribution in [-0.2, 0) is 10.0 Å². The molecule has 0 radical (unpaired) electrons. The average Bonchev–Trinajstić information content (AvgIpc) is 3.23. The maximum atomic E-state index is 12.8. The average molecular weight is 377 g/mol. The molecule has 21 heavy (non-hydrogen) atoms. The Morgan fingerprint density at radius 2 is 2.10 bits per heavy atom. The first-order valence-corrected chi connectivity index (χ1v) is 9.07. The molecule has 8 heteroatoms. The fraction of sp³-hybridized carbons (Fsp3) is 0.538. The highest BCUT2D eigenvalue weighted by Gasteiger charge is 2.40. The zero-order valence-electron chi connectivity index (χ0n) is 11.7. The SMILES string of the molecule is CCCCN(C1CC1)S(=O)(=O)c1cc(Br)ccc1[N+](=O)[O-]. The Hall–Kier alpha value is -0.990. The third kappa shape index (κ3) is 3.61. The summed E-state index contributed by atoms with van der Waals surface area (Å²) in [6, 6.07) is 4.00. The van der Waals surface area contributed by atoms with E-state index in [-0.39, 0.29) is 16.6 Å². The Bertz CT molecular complexity index is 644. The first kappa shape index (κ1) is 16.4. The molecule has 0 spiro atoms. The van der Waals surface area contributed by atoms with E-state index >= 15 is 0 Å². The predicted octanol–water partition coefficient (Wildman–Crippen LogP) is 3.31. The molecule has 0 aromatic heterocycles. The smallest absolute Gasteiger partial charge is 0.258 e. The molecule has 1 aromatic rings. The van der Waals surface area contributed by atoms with E-state index in [0.29, 0.717) is 11.0 Å². The second-order valence-corrected chi connectivity index (χ2v) is 7.84. The number of nitrogens with zero attached hydrogens (tertiary/aromatic N) is 2. The van der Waals surface area contributed by atoms with E-state index < -0.39 is 14.9 Å². The van der Waals surface area contributed by atoms with Gasteiger partial charge in [0.25, 0.3) is 5.69 Å². The maximum Gasteiger partial charge on any atom is 0.289 e. The highest BCUT2D eigenvalue weighted by Crippen LogP contribution is 2.36. The van der Waals surface area contributed by atoms with Crippen molar-refractivity contribution in [1.29, 1.82) is 0 Å². The first-order chi connectivity index (χ1) is 9.87. The van der Waals surface area contributed by atoms with Gasteiger partial charge in [-0.3, -0.25) is 10.1 Å². The monoisotopic (exact) mass is 376 g/mol. The van der Waals surface area contributed by atoms with Gasteiger partial charge in [0.1, 0.15) is 0 Å². The summed E-state index contributed by atoms with van der Waals surface area (Å²) in [4.78, 5) is 10.2. The van der Waals surface area contributed by atoms with E-state index in [4.69, 9.17) is 0 Å². The Morgan fingerprint density at radius 3 is 2.62 bits per heavy atom. The van der Waals surface area contributed by atoms with Gasteiger partial charge < -0.3 is 0 Å². The van der Waals surface area contributed by atoms with Crippen LogP contribution in [0, 0.1) is 10.1 Å². The van der Waals surface area contributed by atoms with Crippen LogP contribution in [-0.4, -0.2) is 30.2 Å². The van der Waals surface area contributed by atoms with Crippen LogP contribution in [0.25, 0.3) is 0 Å². The van der Waals surface area contributed by atoms with Crippen LogP contribution in [0.3, 0.4) is 0 Å². The maximum absolute atomic E-state index is 12.8. The number of nitro groups is 1. The molecule has 1 aromatic carbocycles. The lowest BCUT2D eigenvalue weighted by Crippen LogP contribution is -2.34. The van der Waals surface area contributed by atoms with E-state index in [0.717, 1.165) is 25.7 Å². The lowest BCUT2D eigenvalue weighted by molar-refractivity contribution is -0.387. The van der Waals surface area contributed by atoms with Gasteiger partial charge in [-0.15, -0.1) is 0 Å².